The third-order valence-corrected chi connectivity index (χ3v) is 4.22. The molecule has 0 unspecified atom stereocenters. The first-order valence-corrected chi connectivity index (χ1v) is 7.62. The molecule has 23 heavy (non-hydrogen) atoms. The quantitative estimate of drug-likeness (QED) is 0.664. The summed E-state index contributed by atoms with van der Waals surface area (Å²) < 4.78 is 63.6. The molecule has 0 aliphatic heterocycles. The topological polar surface area (TPSA) is 127 Å². The first-order chi connectivity index (χ1) is 10.4. The van der Waals surface area contributed by atoms with E-state index in [1.807, 2.05) is 0 Å². The molecule has 0 heterocycles. The fourth-order valence-electron chi connectivity index (χ4n) is 1.61. The largest absolute Gasteiger partial charge is 0.480 e. The second-order valence-corrected chi connectivity index (χ2v) is 6.26. The van der Waals surface area contributed by atoms with Gasteiger partial charge in [0.1, 0.15) is 6.04 Å². The Morgan fingerprint density at radius 2 is 1.91 bits per heavy atom. The number of amides is 1. The van der Waals surface area contributed by atoms with E-state index in [-0.39, 0.29) is 0 Å². The van der Waals surface area contributed by atoms with Gasteiger partial charge >= 0.3 is 12.1 Å². The summed E-state index contributed by atoms with van der Waals surface area (Å²) >= 11 is 0. The Bertz CT molecular complexity index is 703. The van der Waals surface area contributed by atoms with E-state index in [9.17, 15) is 31.2 Å². The molecule has 0 saturated heterocycles. The Balaban J connectivity index is 3.06. The summed E-state index contributed by atoms with van der Waals surface area (Å²) in [5, 5.41) is 8.92. The second-order valence-electron chi connectivity index (χ2n) is 4.54. The highest BCUT2D eigenvalue weighted by molar-refractivity contribution is 7.89. The van der Waals surface area contributed by atoms with Crippen molar-refractivity contribution in [3.05, 3.63) is 29.8 Å². The minimum atomic E-state index is -4.75. The molecule has 0 radical (unpaired) electrons. The zero-order valence-corrected chi connectivity index (χ0v) is 12.3. The van der Waals surface area contributed by atoms with Crippen molar-refractivity contribution in [2.75, 3.05) is 0 Å². The molecule has 0 fully saturated rings. The summed E-state index contributed by atoms with van der Waals surface area (Å²) in [6.45, 7) is 0. The van der Waals surface area contributed by atoms with Crippen LogP contribution in [0.3, 0.4) is 0 Å². The first-order valence-electron chi connectivity index (χ1n) is 6.14. The van der Waals surface area contributed by atoms with Gasteiger partial charge in [-0.2, -0.15) is 17.9 Å². The van der Waals surface area contributed by atoms with E-state index in [4.69, 9.17) is 10.8 Å². The van der Waals surface area contributed by atoms with Gasteiger partial charge in [0.25, 0.3) is 0 Å². The summed E-state index contributed by atoms with van der Waals surface area (Å²) in [7, 11) is -4.52. The molecule has 0 spiro atoms. The van der Waals surface area contributed by atoms with Crippen molar-refractivity contribution in [2.45, 2.75) is 30.0 Å². The summed E-state index contributed by atoms with van der Waals surface area (Å²) in [5.41, 5.74) is 3.66. The Hall–Kier alpha value is -2.14. The van der Waals surface area contributed by atoms with Crippen LogP contribution in [0.4, 0.5) is 13.2 Å². The number of alkyl halides is 3. The second kappa shape index (κ2) is 6.96. The molecule has 0 aromatic heterocycles. The summed E-state index contributed by atoms with van der Waals surface area (Å²) in [4.78, 5) is 20.9. The maximum Gasteiger partial charge on any atom is 0.416 e. The number of aliphatic carboxylic acids is 1. The number of rotatable bonds is 7. The third kappa shape index (κ3) is 5.53. The van der Waals surface area contributed by atoms with Crippen molar-refractivity contribution in [3.63, 3.8) is 0 Å². The Morgan fingerprint density at radius 3 is 2.39 bits per heavy atom. The lowest BCUT2D eigenvalue weighted by atomic mass is 10.2. The van der Waals surface area contributed by atoms with Gasteiger partial charge in [0, 0.05) is 6.42 Å². The highest BCUT2D eigenvalue weighted by atomic mass is 32.2. The highest BCUT2D eigenvalue weighted by Crippen LogP contribution is 2.30. The SMILES string of the molecule is NC(=O)CC[C@H](NS(=O)(=O)c1cccc(C(F)(F)F)c1)C(=O)O. The van der Waals surface area contributed by atoms with Gasteiger partial charge in [0.05, 0.1) is 10.5 Å². The molecule has 11 heteroatoms. The number of sulfonamides is 1. The maximum absolute atomic E-state index is 12.6. The Labute approximate surface area is 129 Å². The number of carbonyl (C=O) groups is 2. The lowest BCUT2D eigenvalue weighted by Crippen LogP contribution is -2.41. The number of carboxylic acid groups (broad SMARTS) is 1. The van der Waals surface area contributed by atoms with E-state index < -0.39 is 57.4 Å². The van der Waals surface area contributed by atoms with Crippen molar-refractivity contribution >= 4 is 21.9 Å². The van der Waals surface area contributed by atoms with Crippen LogP contribution in [-0.4, -0.2) is 31.4 Å². The molecule has 0 aliphatic rings. The van der Waals surface area contributed by atoms with Crippen LogP contribution in [0, 0.1) is 0 Å². The standard InChI is InChI=1S/C12H13F3N2O5S/c13-12(14,15)7-2-1-3-8(6-7)23(21,22)17-9(11(19)20)4-5-10(16)18/h1-3,6,9,17H,4-5H2,(H2,16,18)(H,19,20)/t9-/m0/s1. The smallest absolute Gasteiger partial charge is 0.416 e. The minimum absolute atomic E-state index is 0.384. The van der Waals surface area contributed by atoms with E-state index in [0.717, 1.165) is 12.1 Å². The molecule has 1 amide bonds. The molecule has 7 nitrogen and oxygen atoms in total. The van der Waals surface area contributed by atoms with Crippen molar-refractivity contribution in [2.24, 2.45) is 5.73 Å². The summed E-state index contributed by atoms with van der Waals surface area (Å²) in [5.74, 6) is -2.42. The van der Waals surface area contributed by atoms with Crippen LogP contribution in [0.5, 0.6) is 0 Å². The fourth-order valence-corrected chi connectivity index (χ4v) is 2.88. The van der Waals surface area contributed by atoms with Crippen LogP contribution < -0.4 is 10.5 Å². The summed E-state index contributed by atoms with van der Waals surface area (Å²) in [6, 6.07) is 1.15. The van der Waals surface area contributed by atoms with E-state index >= 15 is 0 Å². The Kier molecular flexibility index (Phi) is 5.72. The monoisotopic (exact) mass is 354 g/mol. The van der Waals surface area contributed by atoms with Gasteiger partial charge < -0.3 is 10.8 Å². The molecular formula is C12H13F3N2O5S. The zero-order valence-electron chi connectivity index (χ0n) is 11.5. The van der Waals surface area contributed by atoms with Gasteiger partial charge in [0.15, 0.2) is 0 Å². The molecule has 1 aromatic carbocycles. The molecule has 0 saturated carbocycles. The lowest BCUT2D eigenvalue weighted by Gasteiger charge is -2.15. The Morgan fingerprint density at radius 1 is 1.30 bits per heavy atom. The van der Waals surface area contributed by atoms with Crippen LogP contribution in [0.15, 0.2) is 29.2 Å². The van der Waals surface area contributed by atoms with Crippen molar-refractivity contribution in [1.29, 1.82) is 0 Å². The molecule has 1 rings (SSSR count). The molecule has 1 aromatic rings. The van der Waals surface area contributed by atoms with Gasteiger partial charge in [-0.1, -0.05) is 6.07 Å². The predicted octanol–water partition coefficient (Wildman–Crippen LogP) is 0.702. The third-order valence-electron chi connectivity index (χ3n) is 2.75. The molecule has 0 bridgehead atoms. The average Bonchev–Trinajstić information content (AvgIpc) is 2.42. The predicted molar refractivity (Wildman–Crippen MR) is 71.6 cm³/mol. The molecule has 4 N–H and O–H groups in total. The van der Waals surface area contributed by atoms with Crippen LogP contribution in [0.1, 0.15) is 18.4 Å². The number of hydrogen-bond acceptors (Lipinski definition) is 4. The molecule has 128 valence electrons. The van der Waals surface area contributed by atoms with Crippen molar-refractivity contribution in [3.8, 4) is 0 Å². The normalized spacial score (nSPS) is 13.5. The van der Waals surface area contributed by atoms with E-state index in [0.29, 0.717) is 12.1 Å². The van der Waals surface area contributed by atoms with Gasteiger partial charge in [0.2, 0.25) is 15.9 Å². The first kappa shape index (κ1) is 18.9. The number of benzene rings is 1. The van der Waals surface area contributed by atoms with Gasteiger partial charge in [-0.05, 0) is 24.6 Å². The molecule has 1 atom stereocenters. The van der Waals surface area contributed by atoms with Crippen molar-refractivity contribution in [1.82, 2.24) is 4.72 Å². The molecular weight excluding hydrogens is 341 g/mol. The minimum Gasteiger partial charge on any atom is -0.480 e. The van der Waals surface area contributed by atoms with E-state index in [2.05, 4.69) is 0 Å². The average molecular weight is 354 g/mol. The number of primary amides is 1. The van der Waals surface area contributed by atoms with Crippen LogP contribution in [0.25, 0.3) is 0 Å². The highest BCUT2D eigenvalue weighted by Gasteiger charge is 2.32. The van der Waals surface area contributed by atoms with Crippen LogP contribution in [-0.2, 0) is 25.8 Å². The maximum atomic E-state index is 12.6. The van der Waals surface area contributed by atoms with Gasteiger partial charge in [-0.25, -0.2) is 8.42 Å². The molecule has 0 aliphatic carbocycles. The van der Waals surface area contributed by atoms with E-state index in [1.54, 1.807) is 4.72 Å². The number of halogens is 3. The number of carbonyl (C=O) groups excluding carboxylic acids is 1. The fraction of sp³-hybridized carbons (Fsp3) is 0.333. The van der Waals surface area contributed by atoms with Crippen molar-refractivity contribution < 1.29 is 36.3 Å². The van der Waals surface area contributed by atoms with Crippen LogP contribution in [0.2, 0.25) is 0 Å². The number of carboxylic acids is 1. The van der Waals surface area contributed by atoms with Gasteiger partial charge in [-0.15, -0.1) is 0 Å². The van der Waals surface area contributed by atoms with Crippen LogP contribution >= 0.6 is 0 Å². The zero-order chi connectivity index (χ0) is 17.8. The number of hydrogen-bond donors (Lipinski definition) is 3. The lowest BCUT2D eigenvalue weighted by molar-refractivity contribution is -0.139. The number of nitrogens with two attached hydrogens (primary N) is 1. The number of nitrogens with one attached hydrogen (secondary N) is 1. The summed E-state index contributed by atoms with van der Waals surface area (Å²) in [6.07, 6.45) is -5.57. The van der Waals surface area contributed by atoms with Gasteiger partial charge in [-0.3, -0.25) is 9.59 Å². The van der Waals surface area contributed by atoms with E-state index in [1.165, 1.54) is 0 Å².